The fraction of sp³-hybridized carbons (Fsp3) is 0.455. The van der Waals surface area contributed by atoms with E-state index in [4.69, 9.17) is 5.73 Å². The zero-order valence-corrected chi connectivity index (χ0v) is 9.76. The van der Waals surface area contributed by atoms with Gasteiger partial charge in [0.05, 0.1) is 0 Å². The number of hydrogen-bond donors (Lipinski definition) is 1. The molecule has 0 aliphatic rings. The van der Waals surface area contributed by atoms with Gasteiger partial charge in [0.1, 0.15) is 0 Å². The smallest absolute Gasteiger partial charge is 0.0180 e. The Morgan fingerprint density at radius 3 is 2.62 bits per heavy atom. The molecule has 0 bridgehead atoms. The molecule has 0 saturated carbocycles. The van der Waals surface area contributed by atoms with Gasteiger partial charge in [-0.15, -0.1) is 0 Å². The van der Waals surface area contributed by atoms with Crippen LogP contribution in [0.15, 0.2) is 22.7 Å². The molecule has 13 heavy (non-hydrogen) atoms. The van der Waals surface area contributed by atoms with Crippen molar-refractivity contribution in [2.45, 2.75) is 32.7 Å². The van der Waals surface area contributed by atoms with E-state index in [1.807, 2.05) is 6.92 Å². The molecule has 0 saturated heterocycles. The van der Waals surface area contributed by atoms with Gasteiger partial charge in [-0.05, 0) is 49.9 Å². The van der Waals surface area contributed by atoms with Crippen molar-refractivity contribution in [3.05, 3.63) is 33.8 Å². The van der Waals surface area contributed by atoms with Gasteiger partial charge in [-0.2, -0.15) is 0 Å². The molecule has 1 atom stereocenters. The van der Waals surface area contributed by atoms with E-state index < -0.39 is 0 Å². The van der Waals surface area contributed by atoms with Crippen molar-refractivity contribution in [1.82, 2.24) is 0 Å². The normalized spacial score (nSPS) is 12.9. The minimum absolute atomic E-state index is 0.291. The molecule has 0 aliphatic heterocycles. The zero-order chi connectivity index (χ0) is 9.84. The summed E-state index contributed by atoms with van der Waals surface area (Å²) in [6.07, 6.45) is 2.12. The van der Waals surface area contributed by atoms with Crippen LogP contribution in [-0.2, 0) is 6.42 Å². The van der Waals surface area contributed by atoms with Crippen molar-refractivity contribution in [1.29, 1.82) is 0 Å². The molecule has 0 spiro atoms. The number of aryl methyl sites for hydroxylation is 2. The minimum atomic E-state index is 0.291. The lowest BCUT2D eigenvalue weighted by Gasteiger charge is -2.06. The van der Waals surface area contributed by atoms with Gasteiger partial charge in [0.15, 0.2) is 0 Å². The molecular weight excluding hydrogens is 226 g/mol. The average Bonchev–Trinajstić information content (AvgIpc) is 1.99. The summed E-state index contributed by atoms with van der Waals surface area (Å²) >= 11 is 3.49. The monoisotopic (exact) mass is 241 g/mol. The maximum absolute atomic E-state index is 5.70. The summed E-state index contributed by atoms with van der Waals surface area (Å²) in [5, 5.41) is 0. The Hall–Kier alpha value is -0.340. The summed E-state index contributed by atoms with van der Waals surface area (Å²) < 4.78 is 1.16. The highest BCUT2D eigenvalue weighted by atomic mass is 79.9. The highest BCUT2D eigenvalue weighted by Gasteiger charge is 1.99. The highest BCUT2D eigenvalue weighted by Crippen LogP contribution is 2.16. The van der Waals surface area contributed by atoms with Crippen LogP contribution in [-0.4, -0.2) is 6.04 Å². The van der Waals surface area contributed by atoms with Gasteiger partial charge in [0.25, 0.3) is 0 Å². The van der Waals surface area contributed by atoms with E-state index in [9.17, 15) is 0 Å². The average molecular weight is 242 g/mol. The van der Waals surface area contributed by atoms with Crippen LogP contribution in [0.4, 0.5) is 0 Å². The summed E-state index contributed by atoms with van der Waals surface area (Å²) in [5.74, 6) is 0. The fourth-order valence-electron chi connectivity index (χ4n) is 1.35. The second-order valence-corrected chi connectivity index (χ2v) is 4.57. The molecule has 0 radical (unpaired) electrons. The Bertz CT molecular complexity index is 261. The Morgan fingerprint density at radius 1 is 1.38 bits per heavy atom. The number of nitrogens with two attached hydrogens (primary N) is 1. The van der Waals surface area contributed by atoms with Crippen molar-refractivity contribution < 1.29 is 0 Å². The van der Waals surface area contributed by atoms with Crippen LogP contribution in [0, 0.1) is 6.92 Å². The summed E-state index contributed by atoms with van der Waals surface area (Å²) in [5.41, 5.74) is 8.37. The maximum atomic E-state index is 5.70. The van der Waals surface area contributed by atoms with Crippen LogP contribution in [0.3, 0.4) is 0 Å². The summed E-state index contributed by atoms with van der Waals surface area (Å²) in [4.78, 5) is 0. The molecule has 0 heterocycles. The molecule has 1 aromatic rings. The third-order valence-corrected chi connectivity index (χ3v) is 2.45. The molecule has 0 amide bonds. The van der Waals surface area contributed by atoms with E-state index >= 15 is 0 Å². The van der Waals surface area contributed by atoms with Gasteiger partial charge < -0.3 is 5.73 Å². The minimum Gasteiger partial charge on any atom is -0.328 e. The van der Waals surface area contributed by atoms with Crippen molar-refractivity contribution in [3.63, 3.8) is 0 Å². The Kier molecular flexibility index (Phi) is 3.94. The second kappa shape index (κ2) is 4.77. The van der Waals surface area contributed by atoms with Crippen molar-refractivity contribution in [2.24, 2.45) is 5.73 Å². The van der Waals surface area contributed by atoms with Crippen molar-refractivity contribution in [2.75, 3.05) is 0 Å². The SMILES string of the molecule is Cc1cc(Br)cc(CCC(C)N)c1. The fourth-order valence-corrected chi connectivity index (χ4v) is 2.01. The Morgan fingerprint density at radius 2 is 2.08 bits per heavy atom. The molecule has 0 aromatic heterocycles. The Labute approximate surface area is 88.5 Å². The largest absolute Gasteiger partial charge is 0.328 e. The van der Waals surface area contributed by atoms with Crippen LogP contribution in [0.25, 0.3) is 0 Å². The first kappa shape index (κ1) is 10.7. The molecule has 0 fully saturated rings. The first-order valence-electron chi connectivity index (χ1n) is 4.59. The lowest BCUT2D eigenvalue weighted by atomic mass is 10.0. The summed E-state index contributed by atoms with van der Waals surface area (Å²) in [6, 6.07) is 6.79. The van der Waals surface area contributed by atoms with Crippen LogP contribution >= 0.6 is 15.9 Å². The van der Waals surface area contributed by atoms with E-state index in [2.05, 4.69) is 41.1 Å². The lowest BCUT2D eigenvalue weighted by molar-refractivity contribution is 0.666. The van der Waals surface area contributed by atoms with Crippen LogP contribution in [0.1, 0.15) is 24.5 Å². The van der Waals surface area contributed by atoms with Crippen molar-refractivity contribution in [3.8, 4) is 0 Å². The van der Waals surface area contributed by atoms with Gasteiger partial charge in [0.2, 0.25) is 0 Å². The van der Waals surface area contributed by atoms with Crippen LogP contribution in [0.5, 0.6) is 0 Å². The highest BCUT2D eigenvalue weighted by molar-refractivity contribution is 9.10. The molecule has 2 heteroatoms. The van der Waals surface area contributed by atoms with E-state index in [1.165, 1.54) is 11.1 Å². The zero-order valence-electron chi connectivity index (χ0n) is 8.18. The van der Waals surface area contributed by atoms with E-state index in [-0.39, 0.29) is 0 Å². The quantitative estimate of drug-likeness (QED) is 0.866. The molecule has 1 rings (SSSR count). The summed E-state index contributed by atoms with van der Waals surface area (Å²) in [6.45, 7) is 4.16. The molecule has 0 aliphatic carbocycles. The Balaban J connectivity index is 2.66. The topological polar surface area (TPSA) is 26.0 Å². The predicted octanol–water partition coefficient (Wildman–Crippen LogP) is 3.04. The number of hydrogen-bond acceptors (Lipinski definition) is 1. The number of halogens is 1. The third-order valence-electron chi connectivity index (χ3n) is 1.99. The van der Waals surface area contributed by atoms with Gasteiger partial charge in [-0.25, -0.2) is 0 Å². The molecule has 2 N–H and O–H groups in total. The van der Waals surface area contributed by atoms with Gasteiger partial charge in [-0.3, -0.25) is 0 Å². The predicted molar refractivity (Wildman–Crippen MR) is 60.8 cm³/mol. The third kappa shape index (κ3) is 3.92. The van der Waals surface area contributed by atoms with Gasteiger partial charge >= 0.3 is 0 Å². The van der Waals surface area contributed by atoms with E-state index in [0.717, 1.165) is 17.3 Å². The van der Waals surface area contributed by atoms with Crippen LogP contribution < -0.4 is 5.73 Å². The molecule has 1 nitrogen and oxygen atoms in total. The van der Waals surface area contributed by atoms with E-state index in [0.29, 0.717) is 6.04 Å². The number of benzene rings is 1. The standard InChI is InChI=1S/C11H16BrN/c1-8-5-10(4-3-9(2)13)7-11(12)6-8/h5-7,9H,3-4,13H2,1-2H3. The van der Waals surface area contributed by atoms with E-state index in [1.54, 1.807) is 0 Å². The maximum Gasteiger partial charge on any atom is 0.0180 e. The first-order chi connectivity index (χ1) is 6.08. The molecule has 1 aromatic carbocycles. The first-order valence-corrected chi connectivity index (χ1v) is 5.39. The van der Waals surface area contributed by atoms with Gasteiger partial charge in [0, 0.05) is 10.5 Å². The summed E-state index contributed by atoms with van der Waals surface area (Å²) in [7, 11) is 0. The van der Waals surface area contributed by atoms with Crippen LogP contribution in [0.2, 0.25) is 0 Å². The molecule has 1 unspecified atom stereocenters. The molecular formula is C11H16BrN. The second-order valence-electron chi connectivity index (χ2n) is 3.65. The van der Waals surface area contributed by atoms with Gasteiger partial charge in [-0.1, -0.05) is 22.0 Å². The van der Waals surface area contributed by atoms with Crippen molar-refractivity contribution >= 4 is 15.9 Å². The molecule has 72 valence electrons. The number of rotatable bonds is 3. The lowest BCUT2D eigenvalue weighted by Crippen LogP contribution is -2.15.